The number of hydrogen-bond acceptors (Lipinski definition) is 4. The molecule has 0 aromatic heterocycles. The van der Waals surface area contributed by atoms with Crippen molar-refractivity contribution in [3.63, 3.8) is 0 Å². The Morgan fingerprint density at radius 1 is 1.17 bits per heavy atom. The summed E-state index contributed by atoms with van der Waals surface area (Å²) in [5, 5.41) is 0.617. The first kappa shape index (κ1) is 22.1. The molecule has 7 heteroatoms. The Labute approximate surface area is 182 Å². The Balaban J connectivity index is 1.72. The lowest BCUT2D eigenvalue weighted by Gasteiger charge is -2.42. The maximum Gasteiger partial charge on any atom is 0.225 e. The number of morpholine rings is 1. The second kappa shape index (κ2) is 9.96. The first-order valence-electron chi connectivity index (χ1n) is 9.93. The van der Waals surface area contributed by atoms with Crippen molar-refractivity contribution in [2.24, 2.45) is 0 Å². The number of carbonyl (C=O) groups excluding carboxylic acids is 2. The Kier molecular flexibility index (Phi) is 7.34. The molecule has 2 amide bonds. The fourth-order valence-corrected chi connectivity index (χ4v) is 3.59. The molecule has 0 bridgehead atoms. The Morgan fingerprint density at radius 2 is 1.87 bits per heavy atom. The van der Waals surface area contributed by atoms with Gasteiger partial charge in [-0.3, -0.25) is 9.59 Å². The van der Waals surface area contributed by atoms with E-state index in [2.05, 4.69) is 0 Å². The molecule has 1 atom stereocenters. The van der Waals surface area contributed by atoms with Gasteiger partial charge >= 0.3 is 0 Å². The maximum atomic E-state index is 13.0. The van der Waals surface area contributed by atoms with Gasteiger partial charge in [0, 0.05) is 32.1 Å². The smallest absolute Gasteiger partial charge is 0.225 e. The largest absolute Gasteiger partial charge is 0.490 e. The number of halogens is 1. The van der Waals surface area contributed by atoms with Crippen LogP contribution in [0.1, 0.15) is 18.9 Å². The van der Waals surface area contributed by atoms with Gasteiger partial charge in [0.05, 0.1) is 19.6 Å². The predicted octanol–water partition coefficient (Wildman–Crippen LogP) is 3.39. The molecule has 1 aliphatic rings. The number of carbonyl (C=O) groups is 2. The highest BCUT2D eigenvalue weighted by molar-refractivity contribution is 6.30. The molecular formula is C23H27ClN2O4. The molecule has 0 spiro atoms. The number of ether oxygens (including phenoxy) is 2. The molecule has 1 aliphatic heterocycles. The van der Waals surface area contributed by atoms with Crippen molar-refractivity contribution in [3.05, 3.63) is 65.2 Å². The highest BCUT2D eigenvalue weighted by Gasteiger charge is 2.41. The number of benzene rings is 2. The third-order valence-corrected chi connectivity index (χ3v) is 5.42. The van der Waals surface area contributed by atoms with Gasteiger partial charge in [0.15, 0.2) is 0 Å². The molecule has 1 saturated heterocycles. The normalized spacial score (nSPS) is 18.7. The SMILES string of the molecule is CC(=O)N1CCO[C@@](COc2ccc(Cl)cc2)(CC(=O)N(C)Cc2ccccc2)C1. The molecule has 6 nitrogen and oxygen atoms in total. The third kappa shape index (κ3) is 5.97. The summed E-state index contributed by atoms with van der Waals surface area (Å²) < 4.78 is 12.0. The summed E-state index contributed by atoms with van der Waals surface area (Å²) in [5.41, 5.74) is 0.140. The van der Waals surface area contributed by atoms with Crippen molar-refractivity contribution in [1.82, 2.24) is 9.80 Å². The summed E-state index contributed by atoms with van der Waals surface area (Å²) in [5.74, 6) is 0.524. The standard InChI is InChI=1S/C23H27ClN2O4/c1-18(27)26-12-13-30-23(16-26,17-29-21-10-8-20(24)9-11-21)14-22(28)25(2)15-19-6-4-3-5-7-19/h3-11H,12-17H2,1-2H3/t23-/m0/s1. The van der Waals surface area contributed by atoms with Gasteiger partial charge in [-0.1, -0.05) is 41.9 Å². The van der Waals surface area contributed by atoms with E-state index >= 15 is 0 Å². The second-order valence-corrected chi connectivity index (χ2v) is 8.06. The topological polar surface area (TPSA) is 59.1 Å². The minimum atomic E-state index is -0.911. The van der Waals surface area contributed by atoms with Crippen LogP contribution in [-0.2, 0) is 20.9 Å². The zero-order chi connectivity index (χ0) is 21.6. The van der Waals surface area contributed by atoms with E-state index < -0.39 is 5.60 Å². The van der Waals surface area contributed by atoms with Crippen LogP contribution < -0.4 is 4.74 Å². The predicted molar refractivity (Wildman–Crippen MR) is 115 cm³/mol. The number of rotatable bonds is 7. The molecule has 0 saturated carbocycles. The van der Waals surface area contributed by atoms with Crippen LogP contribution in [0.5, 0.6) is 5.75 Å². The summed E-state index contributed by atoms with van der Waals surface area (Å²) in [6.45, 7) is 3.36. The minimum Gasteiger partial charge on any atom is -0.490 e. The van der Waals surface area contributed by atoms with Gasteiger partial charge < -0.3 is 19.3 Å². The maximum absolute atomic E-state index is 13.0. The highest BCUT2D eigenvalue weighted by atomic mass is 35.5. The molecule has 0 aliphatic carbocycles. The molecule has 160 valence electrons. The van der Waals surface area contributed by atoms with Crippen molar-refractivity contribution in [2.45, 2.75) is 25.5 Å². The zero-order valence-electron chi connectivity index (χ0n) is 17.3. The molecule has 0 N–H and O–H groups in total. The monoisotopic (exact) mass is 430 g/mol. The van der Waals surface area contributed by atoms with Crippen LogP contribution in [-0.4, -0.2) is 60.6 Å². The van der Waals surface area contributed by atoms with Gasteiger partial charge in [0.25, 0.3) is 0 Å². The zero-order valence-corrected chi connectivity index (χ0v) is 18.1. The van der Waals surface area contributed by atoms with E-state index in [4.69, 9.17) is 21.1 Å². The van der Waals surface area contributed by atoms with Gasteiger partial charge in [0.2, 0.25) is 11.8 Å². The lowest BCUT2D eigenvalue weighted by molar-refractivity contribution is -0.164. The van der Waals surface area contributed by atoms with Crippen molar-refractivity contribution in [1.29, 1.82) is 0 Å². The van der Waals surface area contributed by atoms with Crippen molar-refractivity contribution >= 4 is 23.4 Å². The van der Waals surface area contributed by atoms with E-state index in [0.29, 0.717) is 37.0 Å². The molecule has 3 rings (SSSR count). The number of hydrogen-bond donors (Lipinski definition) is 0. The van der Waals surface area contributed by atoms with E-state index in [9.17, 15) is 9.59 Å². The molecule has 2 aromatic rings. The number of nitrogens with zero attached hydrogens (tertiary/aromatic N) is 2. The van der Waals surface area contributed by atoms with Crippen LogP contribution >= 0.6 is 11.6 Å². The Morgan fingerprint density at radius 3 is 2.53 bits per heavy atom. The summed E-state index contributed by atoms with van der Waals surface area (Å²) in [4.78, 5) is 28.4. The van der Waals surface area contributed by atoms with E-state index in [0.717, 1.165) is 5.56 Å². The van der Waals surface area contributed by atoms with Gasteiger partial charge in [-0.25, -0.2) is 0 Å². The van der Waals surface area contributed by atoms with E-state index in [1.165, 1.54) is 6.92 Å². The van der Waals surface area contributed by atoms with E-state index in [1.807, 2.05) is 30.3 Å². The number of amides is 2. The molecule has 0 unspecified atom stereocenters. The van der Waals surface area contributed by atoms with Crippen LogP contribution in [0.25, 0.3) is 0 Å². The quantitative estimate of drug-likeness (QED) is 0.675. The molecule has 30 heavy (non-hydrogen) atoms. The lowest BCUT2D eigenvalue weighted by atomic mass is 9.96. The fourth-order valence-electron chi connectivity index (χ4n) is 3.46. The van der Waals surface area contributed by atoms with Crippen LogP contribution in [0.15, 0.2) is 54.6 Å². The fraction of sp³-hybridized carbons (Fsp3) is 0.391. The molecule has 1 heterocycles. The Bertz CT molecular complexity index is 859. The summed E-state index contributed by atoms with van der Waals surface area (Å²) >= 11 is 5.94. The van der Waals surface area contributed by atoms with E-state index in [-0.39, 0.29) is 24.8 Å². The summed E-state index contributed by atoms with van der Waals surface area (Å²) in [7, 11) is 1.77. The molecule has 0 radical (unpaired) electrons. The van der Waals surface area contributed by atoms with Gasteiger partial charge in [-0.15, -0.1) is 0 Å². The summed E-state index contributed by atoms with van der Waals surface area (Å²) in [6, 6.07) is 16.8. The lowest BCUT2D eigenvalue weighted by Crippen LogP contribution is -2.57. The average molecular weight is 431 g/mol. The van der Waals surface area contributed by atoms with Crippen molar-refractivity contribution in [2.75, 3.05) is 33.4 Å². The molecule has 2 aromatic carbocycles. The molecule has 1 fully saturated rings. The van der Waals surface area contributed by atoms with Gasteiger partial charge in [0.1, 0.15) is 18.0 Å². The second-order valence-electron chi connectivity index (χ2n) is 7.63. The van der Waals surface area contributed by atoms with Crippen LogP contribution in [0, 0.1) is 0 Å². The van der Waals surface area contributed by atoms with Gasteiger partial charge in [-0.05, 0) is 29.8 Å². The first-order chi connectivity index (χ1) is 14.4. The highest BCUT2D eigenvalue weighted by Crippen LogP contribution is 2.26. The molecular weight excluding hydrogens is 404 g/mol. The summed E-state index contributed by atoms with van der Waals surface area (Å²) in [6.07, 6.45) is 0.119. The first-order valence-corrected chi connectivity index (χ1v) is 10.3. The van der Waals surface area contributed by atoms with Crippen LogP contribution in [0.4, 0.5) is 0 Å². The average Bonchev–Trinajstić information content (AvgIpc) is 2.74. The van der Waals surface area contributed by atoms with E-state index in [1.54, 1.807) is 41.1 Å². The third-order valence-electron chi connectivity index (χ3n) is 5.17. The van der Waals surface area contributed by atoms with Crippen LogP contribution in [0.3, 0.4) is 0 Å². The van der Waals surface area contributed by atoms with Crippen LogP contribution in [0.2, 0.25) is 5.02 Å². The van der Waals surface area contributed by atoms with Gasteiger partial charge in [-0.2, -0.15) is 0 Å². The Hall–Kier alpha value is -2.57. The minimum absolute atomic E-state index is 0.0424. The van der Waals surface area contributed by atoms with Crippen molar-refractivity contribution in [3.8, 4) is 5.75 Å². The van der Waals surface area contributed by atoms with Crippen molar-refractivity contribution < 1.29 is 19.1 Å².